The summed E-state index contributed by atoms with van der Waals surface area (Å²) in [5.74, 6) is 0.0833. The number of fused-ring (bicyclic) bond motifs is 1. The van der Waals surface area contributed by atoms with Gasteiger partial charge in [0.05, 0.1) is 6.61 Å². The molecule has 1 aliphatic heterocycles. The lowest BCUT2D eigenvalue weighted by Gasteiger charge is -2.27. The van der Waals surface area contributed by atoms with Crippen molar-refractivity contribution in [3.05, 3.63) is 57.8 Å². The second-order valence-corrected chi connectivity index (χ2v) is 6.03. The highest BCUT2D eigenvalue weighted by Crippen LogP contribution is 2.23. The Hall–Kier alpha value is -1.69. The molecule has 2 aromatic rings. The number of hydrogen-bond acceptors (Lipinski definition) is 4. The molecule has 0 bridgehead atoms. The van der Waals surface area contributed by atoms with Crippen LogP contribution in [0.15, 0.2) is 41.8 Å². The summed E-state index contributed by atoms with van der Waals surface area (Å²) >= 11 is 1.78. The minimum atomic E-state index is 0.0833. The van der Waals surface area contributed by atoms with Gasteiger partial charge in [0.25, 0.3) is 0 Å². The van der Waals surface area contributed by atoms with Gasteiger partial charge in [-0.2, -0.15) is 5.48 Å². The number of hydrogen-bond donors (Lipinski definition) is 1. The van der Waals surface area contributed by atoms with Crippen LogP contribution in [-0.4, -0.2) is 23.9 Å². The van der Waals surface area contributed by atoms with E-state index in [4.69, 9.17) is 4.84 Å². The van der Waals surface area contributed by atoms with Crippen molar-refractivity contribution < 1.29 is 9.63 Å². The van der Waals surface area contributed by atoms with E-state index < -0.39 is 0 Å². The summed E-state index contributed by atoms with van der Waals surface area (Å²) < 4.78 is 0. The lowest BCUT2D eigenvalue weighted by Crippen LogP contribution is -2.40. The highest BCUT2D eigenvalue weighted by atomic mass is 32.1. The molecule has 0 fully saturated rings. The Bertz CT molecular complexity index is 597. The monoisotopic (exact) mass is 302 g/mol. The molecular weight excluding hydrogens is 284 g/mol. The highest BCUT2D eigenvalue weighted by Gasteiger charge is 2.20. The van der Waals surface area contributed by atoms with Crippen LogP contribution in [0.2, 0.25) is 0 Å². The van der Waals surface area contributed by atoms with Crippen LogP contribution in [-0.2, 0) is 29.2 Å². The average molecular weight is 302 g/mol. The summed E-state index contributed by atoms with van der Waals surface area (Å²) in [6.07, 6.45) is 0.962. The topological polar surface area (TPSA) is 41.6 Å². The van der Waals surface area contributed by atoms with Gasteiger partial charge in [0.1, 0.15) is 6.54 Å². The van der Waals surface area contributed by atoms with Crippen molar-refractivity contribution in [1.82, 2.24) is 10.4 Å². The summed E-state index contributed by atoms with van der Waals surface area (Å²) in [5.41, 5.74) is 5.12. The fourth-order valence-electron chi connectivity index (χ4n) is 2.39. The van der Waals surface area contributed by atoms with Gasteiger partial charge in [0.2, 0.25) is 5.91 Å². The minimum Gasteiger partial charge on any atom is -0.337 e. The smallest absolute Gasteiger partial charge is 0.239 e. The van der Waals surface area contributed by atoms with Crippen LogP contribution in [0.4, 0.5) is 0 Å². The van der Waals surface area contributed by atoms with Gasteiger partial charge in [-0.15, -0.1) is 11.3 Å². The molecule has 1 amide bonds. The van der Waals surface area contributed by atoms with Crippen molar-refractivity contribution in [2.45, 2.75) is 19.6 Å². The van der Waals surface area contributed by atoms with Crippen molar-refractivity contribution in [1.29, 1.82) is 0 Å². The van der Waals surface area contributed by atoms with E-state index in [1.54, 1.807) is 11.3 Å². The van der Waals surface area contributed by atoms with Gasteiger partial charge in [-0.05, 0) is 29.0 Å². The number of carbonyl (C=O) groups is 1. The van der Waals surface area contributed by atoms with Crippen LogP contribution < -0.4 is 5.48 Å². The average Bonchev–Trinajstić information content (AvgIpc) is 3.00. The SMILES string of the molecule is O=C(CNOCc1ccccc1)N1CCc2sccc2C1. The van der Waals surface area contributed by atoms with E-state index in [9.17, 15) is 4.79 Å². The van der Waals surface area contributed by atoms with Crippen LogP contribution in [0.25, 0.3) is 0 Å². The second kappa shape index (κ2) is 6.85. The molecule has 1 aliphatic rings. The summed E-state index contributed by atoms with van der Waals surface area (Å²) in [6.45, 7) is 2.19. The molecule has 0 radical (unpaired) electrons. The third-order valence-electron chi connectivity index (χ3n) is 3.57. The molecule has 21 heavy (non-hydrogen) atoms. The largest absolute Gasteiger partial charge is 0.337 e. The standard InChI is InChI=1S/C16H18N2O2S/c19-16(10-17-20-12-13-4-2-1-3-5-13)18-8-6-15-14(11-18)7-9-21-15/h1-5,7,9,17H,6,8,10-12H2. The van der Waals surface area contributed by atoms with E-state index in [2.05, 4.69) is 16.9 Å². The van der Waals surface area contributed by atoms with Gasteiger partial charge < -0.3 is 4.90 Å². The molecule has 0 atom stereocenters. The molecule has 3 rings (SSSR count). The fraction of sp³-hybridized carbons (Fsp3) is 0.312. The van der Waals surface area contributed by atoms with Gasteiger partial charge in [0.15, 0.2) is 0 Å². The second-order valence-electron chi connectivity index (χ2n) is 5.03. The Morgan fingerprint density at radius 1 is 1.29 bits per heavy atom. The minimum absolute atomic E-state index is 0.0833. The first-order valence-corrected chi connectivity index (χ1v) is 7.92. The first-order chi connectivity index (χ1) is 10.3. The van der Waals surface area contributed by atoms with Gasteiger partial charge in [-0.25, -0.2) is 0 Å². The molecule has 0 spiro atoms. The molecule has 110 valence electrons. The number of amides is 1. The maximum atomic E-state index is 12.1. The van der Waals surface area contributed by atoms with Crippen LogP contribution >= 0.6 is 11.3 Å². The Labute approximate surface area is 128 Å². The molecule has 4 nitrogen and oxygen atoms in total. The molecule has 5 heteroatoms. The van der Waals surface area contributed by atoms with Gasteiger partial charge in [-0.1, -0.05) is 30.3 Å². The Balaban J connectivity index is 1.41. The summed E-state index contributed by atoms with van der Waals surface area (Å²) in [7, 11) is 0. The van der Waals surface area contributed by atoms with Crippen LogP contribution in [0.5, 0.6) is 0 Å². The molecular formula is C16H18N2O2S. The zero-order valence-corrected chi connectivity index (χ0v) is 12.6. The van der Waals surface area contributed by atoms with Crippen LogP contribution in [0.1, 0.15) is 16.0 Å². The maximum absolute atomic E-state index is 12.1. The molecule has 0 saturated carbocycles. The fourth-order valence-corrected chi connectivity index (χ4v) is 3.28. The number of hydroxylamine groups is 1. The number of nitrogens with one attached hydrogen (secondary N) is 1. The third kappa shape index (κ3) is 3.69. The predicted molar refractivity (Wildman–Crippen MR) is 82.7 cm³/mol. The lowest BCUT2D eigenvalue weighted by molar-refractivity contribution is -0.134. The van der Waals surface area contributed by atoms with E-state index >= 15 is 0 Å². The Morgan fingerprint density at radius 2 is 2.14 bits per heavy atom. The third-order valence-corrected chi connectivity index (χ3v) is 4.59. The zero-order chi connectivity index (χ0) is 14.5. The summed E-state index contributed by atoms with van der Waals surface area (Å²) in [4.78, 5) is 20.8. The zero-order valence-electron chi connectivity index (χ0n) is 11.7. The lowest BCUT2D eigenvalue weighted by atomic mass is 10.1. The van der Waals surface area contributed by atoms with Crippen molar-refractivity contribution in [3.63, 3.8) is 0 Å². The number of benzene rings is 1. The van der Waals surface area contributed by atoms with E-state index in [1.165, 1.54) is 10.4 Å². The maximum Gasteiger partial charge on any atom is 0.239 e. The molecule has 1 aromatic carbocycles. The molecule has 0 saturated heterocycles. The summed E-state index contributed by atoms with van der Waals surface area (Å²) in [6, 6.07) is 12.0. The number of rotatable bonds is 5. The number of carbonyl (C=O) groups excluding carboxylic acids is 1. The van der Waals surface area contributed by atoms with Crippen LogP contribution in [0.3, 0.4) is 0 Å². The van der Waals surface area contributed by atoms with E-state index in [0.29, 0.717) is 6.61 Å². The van der Waals surface area contributed by atoms with Gasteiger partial charge in [0, 0.05) is 18.0 Å². The Kier molecular flexibility index (Phi) is 4.65. The normalized spacial score (nSPS) is 14.0. The summed E-state index contributed by atoms with van der Waals surface area (Å²) in [5, 5.41) is 2.10. The van der Waals surface area contributed by atoms with Crippen molar-refractivity contribution in [2.75, 3.05) is 13.1 Å². The van der Waals surface area contributed by atoms with E-state index in [0.717, 1.165) is 25.1 Å². The van der Waals surface area contributed by atoms with Gasteiger partial charge in [-0.3, -0.25) is 9.63 Å². The van der Waals surface area contributed by atoms with Crippen molar-refractivity contribution in [2.24, 2.45) is 0 Å². The Morgan fingerprint density at radius 3 is 3.00 bits per heavy atom. The van der Waals surface area contributed by atoms with Crippen molar-refractivity contribution >= 4 is 17.2 Å². The quantitative estimate of drug-likeness (QED) is 0.681. The molecule has 0 aliphatic carbocycles. The van der Waals surface area contributed by atoms with Gasteiger partial charge >= 0.3 is 0 Å². The van der Waals surface area contributed by atoms with Crippen LogP contribution in [0, 0.1) is 0 Å². The van der Waals surface area contributed by atoms with Crippen molar-refractivity contribution in [3.8, 4) is 0 Å². The molecule has 2 heterocycles. The number of nitrogens with zero attached hydrogens (tertiary/aromatic N) is 1. The predicted octanol–water partition coefficient (Wildman–Crippen LogP) is 2.35. The molecule has 1 aromatic heterocycles. The first kappa shape index (κ1) is 14.3. The molecule has 0 unspecified atom stereocenters. The first-order valence-electron chi connectivity index (χ1n) is 7.04. The van der Waals surface area contributed by atoms with E-state index in [-0.39, 0.29) is 12.5 Å². The van der Waals surface area contributed by atoms with E-state index in [1.807, 2.05) is 35.2 Å². The number of thiophene rings is 1. The highest BCUT2D eigenvalue weighted by molar-refractivity contribution is 7.10. The molecule has 1 N–H and O–H groups in total.